The lowest BCUT2D eigenvalue weighted by atomic mass is 10.0. The van der Waals surface area contributed by atoms with Crippen molar-refractivity contribution in [1.82, 2.24) is 4.90 Å². The smallest absolute Gasteiger partial charge is 0.321 e. The second kappa shape index (κ2) is 5.51. The van der Waals surface area contributed by atoms with Gasteiger partial charge in [0.1, 0.15) is 5.82 Å². The summed E-state index contributed by atoms with van der Waals surface area (Å²) in [6.45, 7) is 1.55. The summed E-state index contributed by atoms with van der Waals surface area (Å²) in [5.41, 5.74) is 1.56. The highest BCUT2D eigenvalue weighted by molar-refractivity contribution is 5.95. The highest BCUT2D eigenvalue weighted by Crippen LogP contribution is 2.38. The summed E-state index contributed by atoms with van der Waals surface area (Å²) < 4.78 is 14.2. The predicted molar refractivity (Wildman–Crippen MR) is 84.8 cm³/mol. The summed E-state index contributed by atoms with van der Waals surface area (Å²) in [5, 5.41) is 5.36. The van der Waals surface area contributed by atoms with Crippen LogP contribution in [0.5, 0.6) is 0 Å². The fourth-order valence-electron chi connectivity index (χ4n) is 4.09. The number of likely N-dealkylation sites (tertiary alicyclic amines) is 1. The lowest BCUT2D eigenvalue weighted by Gasteiger charge is -2.21. The molecule has 122 valence electrons. The van der Waals surface area contributed by atoms with Gasteiger partial charge in [0.15, 0.2) is 0 Å². The average Bonchev–Trinajstić information content (AvgIpc) is 3.09. The number of fused-ring (bicyclic) bond motifs is 2. The van der Waals surface area contributed by atoms with Crippen molar-refractivity contribution in [3.05, 3.63) is 23.5 Å². The van der Waals surface area contributed by atoms with Crippen LogP contribution in [0.1, 0.15) is 31.2 Å². The maximum absolute atomic E-state index is 14.2. The van der Waals surface area contributed by atoms with E-state index in [4.69, 9.17) is 0 Å². The Balaban J connectivity index is 1.48. The molecule has 6 heteroatoms. The minimum Gasteiger partial charge on any atom is -0.326 e. The molecule has 2 heterocycles. The Morgan fingerprint density at radius 1 is 1.22 bits per heavy atom. The molecule has 2 fully saturated rings. The van der Waals surface area contributed by atoms with E-state index in [0.29, 0.717) is 30.4 Å². The molecule has 1 saturated carbocycles. The number of carbonyl (C=O) groups is 2. The Morgan fingerprint density at radius 3 is 2.70 bits per heavy atom. The molecule has 3 amide bonds. The number of carbonyl (C=O) groups excluding carboxylic acids is 2. The molecule has 3 aliphatic rings. The monoisotopic (exact) mass is 317 g/mol. The molecule has 1 aromatic rings. The maximum atomic E-state index is 14.2. The van der Waals surface area contributed by atoms with Crippen LogP contribution < -0.4 is 10.6 Å². The zero-order valence-electron chi connectivity index (χ0n) is 12.9. The van der Waals surface area contributed by atoms with Gasteiger partial charge in [0, 0.05) is 25.2 Å². The minimum atomic E-state index is -0.515. The molecule has 1 aromatic carbocycles. The molecular formula is C17H20FN3O2. The van der Waals surface area contributed by atoms with Crippen LogP contribution in [-0.2, 0) is 11.2 Å². The van der Waals surface area contributed by atoms with Crippen LogP contribution >= 0.6 is 0 Å². The topological polar surface area (TPSA) is 61.4 Å². The van der Waals surface area contributed by atoms with E-state index >= 15 is 0 Å². The second-order valence-corrected chi connectivity index (χ2v) is 6.82. The van der Waals surface area contributed by atoms with Crippen LogP contribution in [0, 0.1) is 17.7 Å². The Bertz CT molecular complexity index is 664. The first-order chi connectivity index (χ1) is 11.1. The van der Waals surface area contributed by atoms with E-state index in [0.717, 1.165) is 18.7 Å². The van der Waals surface area contributed by atoms with Gasteiger partial charge < -0.3 is 15.5 Å². The summed E-state index contributed by atoms with van der Waals surface area (Å²) in [4.78, 5) is 25.6. The number of nitrogens with zero attached hydrogens (tertiary/aromatic N) is 1. The quantitative estimate of drug-likeness (QED) is 0.836. The third-order valence-electron chi connectivity index (χ3n) is 5.34. The molecule has 0 unspecified atom stereocenters. The Labute approximate surface area is 134 Å². The number of rotatable bonds is 1. The number of nitrogens with one attached hydrogen (secondary N) is 2. The van der Waals surface area contributed by atoms with Crippen molar-refractivity contribution in [2.24, 2.45) is 11.8 Å². The van der Waals surface area contributed by atoms with Crippen molar-refractivity contribution in [1.29, 1.82) is 0 Å². The molecule has 0 radical (unpaired) electrons. The van der Waals surface area contributed by atoms with Gasteiger partial charge in [-0.25, -0.2) is 9.18 Å². The first-order valence-corrected chi connectivity index (χ1v) is 8.28. The highest BCUT2D eigenvalue weighted by Gasteiger charge is 2.38. The average molecular weight is 317 g/mol. The number of hydrogen-bond donors (Lipinski definition) is 2. The van der Waals surface area contributed by atoms with Crippen molar-refractivity contribution in [2.75, 3.05) is 23.7 Å². The third kappa shape index (κ3) is 2.66. The molecular weight excluding hydrogens is 297 g/mol. The van der Waals surface area contributed by atoms with E-state index in [2.05, 4.69) is 10.6 Å². The van der Waals surface area contributed by atoms with Gasteiger partial charge in [-0.15, -0.1) is 0 Å². The second-order valence-electron chi connectivity index (χ2n) is 6.82. The molecule has 1 aliphatic carbocycles. The molecule has 2 N–H and O–H groups in total. The SMILES string of the molecule is O=C1CCc2cc(NC(=O)N3C[C@H]4CCC[C@@H]4C3)c(F)cc2N1. The van der Waals surface area contributed by atoms with Gasteiger partial charge in [-0.1, -0.05) is 6.42 Å². The fraction of sp³-hybridized carbons (Fsp3) is 0.529. The van der Waals surface area contributed by atoms with Crippen LogP contribution in [0.3, 0.4) is 0 Å². The zero-order valence-corrected chi connectivity index (χ0v) is 12.9. The summed E-state index contributed by atoms with van der Waals surface area (Å²) >= 11 is 0. The van der Waals surface area contributed by atoms with Gasteiger partial charge in [0.25, 0.3) is 0 Å². The molecule has 0 spiro atoms. The van der Waals surface area contributed by atoms with E-state index in [-0.39, 0.29) is 17.6 Å². The first kappa shape index (κ1) is 14.5. The van der Waals surface area contributed by atoms with Gasteiger partial charge in [-0.05, 0) is 48.8 Å². The van der Waals surface area contributed by atoms with Gasteiger partial charge in [-0.3, -0.25) is 4.79 Å². The predicted octanol–water partition coefficient (Wildman–Crippen LogP) is 2.97. The number of amides is 3. The lowest BCUT2D eigenvalue weighted by Crippen LogP contribution is -2.34. The highest BCUT2D eigenvalue weighted by atomic mass is 19.1. The van der Waals surface area contributed by atoms with E-state index < -0.39 is 5.82 Å². The van der Waals surface area contributed by atoms with Gasteiger partial charge >= 0.3 is 6.03 Å². The molecule has 4 rings (SSSR count). The number of halogens is 1. The van der Waals surface area contributed by atoms with Crippen molar-refractivity contribution < 1.29 is 14.0 Å². The minimum absolute atomic E-state index is 0.0997. The summed E-state index contributed by atoms with van der Waals surface area (Å²) in [5.74, 6) is 0.615. The molecule has 1 saturated heterocycles. The summed E-state index contributed by atoms with van der Waals surface area (Å²) in [7, 11) is 0. The Kier molecular flexibility index (Phi) is 3.47. The lowest BCUT2D eigenvalue weighted by molar-refractivity contribution is -0.116. The Morgan fingerprint density at radius 2 is 1.96 bits per heavy atom. The van der Waals surface area contributed by atoms with E-state index in [1.807, 2.05) is 0 Å². The zero-order chi connectivity index (χ0) is 16.0. The van der Waals surface area contributed by atoms with Gasteiger partial charge in [-0.2, -0.15) is 0 Å². The van der Waals surface area contributed by atoms with Crippen molar-refractivity contribution in [3.63, 3.8) is 0 Å². The molecule has 2 aliphatic heterocycles. The van der Waals surface area contributed by atoms with Gasteiger partial charge in [0.05, 0.1) is 5.69 Å². The Hall–Kier alpha value is -2.11. The molecule has 5 nitrogen and oxygen atoms in total. The fourth-order valence-corrected chi connectivity index (χ4v) is 4.09. The number of aryl methyl sites for hydroxylation is 1. The molecule has 0 bridgehead atoms. The third-order valence-corrected chi connectivity index (χ3v) is 5.34. The van der Waals surface area contributed by atoms with Crippen molar-refractivity contribution >= 4 is 23.3 Å². The van der Waals surface area contributed by atoms with Crippen molar-refractivity contribution in [3.8, 4) is 0 Å². The van der Waals surface area contributed by atoms with E-state index in [1.165, 1.54) is 25.3 Å². The largest absolute Gasteiger partial charge is 0.326 e. The summed E-state index contributed by atoms with van der Waals surface area (Å²) in [6.07, 6.45) is 4.61. The van der Waals surface area contributed by atoms with Crippen molar-refractivity contribution in [2.45, 2.75) is 32.1 Å². The molecule has 0 aromatic heterocycles. The van der Waals surface area contributed by atoms with Crippen LogP contribution in [0.25, 0.3) is 0 Å². The molecule has 2 atom stereocenters. The van der Waals surface area contributed by atoms with E-state index in [9.17, 15) is 14.0 Å². The number of anilines is 2. The maximum Gasteiger partial charge on any atom is 0.321 e. The standard InChI is InChI=1S/C17H20FN3O2/c18-13-7-14-10(4-5-16(22)19-14)6-15(13)20-17(23)21-8-11-2-1-3-12(11)9-21/h6-7,11-12H,1-5,8-9H2,(H,19,22)(H,20,23)/t11-,12-/m1/s1. The van der Waals surface area contributed by atoms with E-state index in [1.54, 1.807) is 11.0 Å². The number of benzene rings is 1. The number of urea groups is 1. The van der Waals surface area contributed by atoms with Gasteiger partial charge in [0.2, 0.25) is 5.91 Å². The van der Waals surface area contributed by atoms with Crippen LogP contribution in [0.15, 0.2) is 12.1 Å². The van der Waals surface area contributed by atoms with Crippen LogP contribution in [0.2, 0.25) is 0 Å². The van der Waals surface area contributed by atoms with Crippen LogP contribution in [-0.4, -0.2) is 29.9 Å². The first-order valence-electron chi connectivity index (χ1n) is 8.28. The number of hydrogen-bond acceptors (Lipinski definition) is 2. The summed E-state index contributed by atoms with van der Waals surface area (Å²) in [6, 6.07) is 2.71. The normalized spacial score (nSPS) is 25.8. The van der Waals surface area contributed by atoms with Crippen LogP contribution in [0.4, 0.5) is 20.6 Å². The molecule has 23 heavy (non-hydrogen) atoms.